The highest BCUT2D eigenvalue weighted by Gasteiger charge is 2.42. The van der Waals surface area contributed by atoms with Gasteiger partial charge in [0.05, 0.1) is 17.4 Å². The molecule has 3 rings (SSSR count). The van der Waals surface area contributed by atoms with Crippen molar-refractivity contribution in [3.8, 4) is 0 Å². The number of amides is 2. The Morgan fingerprint density at radius 1 is 1.00 bits per heavy atom. The SMILES string of the molecule is CC(=O)NN(c1ccccc1)[C@H]1C[C@H](C)N(c2ccccc2)N1C(C)=O. The summed E-state index contributed by atoms with van der Waals surface area (Å²) in [7, 11) is 0. The molecule has 1 aliphatic rings. The van der Waals surface area contributed by atoms with Crippen LogP contribution in [0.25, 0.3) is 0 Å². The van der Waals surface area contributed by atoms with Crippen LogP contribution in [0.15, 0.2) is 60.7 Å². The van der Waals surface area contributed by atoms with Crippen molar-refractivity contribution in [3.05, 3.63) is 60.7 Å². The largest absolute Gasteiger partial charge is 0.278 e. The van der Waals surface area contributed by atoms with E-state index in [1.807, 2.05) is 65.7 Å². The zero-order valence-electron chi connectivity index (χ0n) is 15.3. The second kappa shape index (κ2) is 7.47. The standard InChI is InChI=1S/C20H24N4O2/c1-15-14-20(22(21-16(2)25)18-10-6-4-7-11-18)24(17(3)26)23(15)19-12-8-5-9-13-19/h4-13,15,20H,14H2,1-3H3,(H,21,25)/t15-,20+/m0/s1. The van der Waals surface area contributed by atoms with E-state index in [9.17, 15) is 9.59 Å². The molecule has 136 valence electrons. The van der Waals surface area contributed by atoms with Gasteiger partial charge in [-0.1, -0.05) is 36.4 Å². The third-order valence-corrected chi connectivity index (χ3v) is 4.44. The van der Waals surface area contributed by atoms with E-state index in [1.165, 1.54) is 6.92 Å². The van der Waals surface area contributed by atoms with Crippen LogP contribution in [0.5, 0.6) is 0 Å². The first-order valence-electron chi connectivity index (χ1n) is 8.74. The lowest BCUT2D eigenvalue weighted by Gasteiger charge is -2.39. The van der Waals surface area contributed by atoms with Gasteiger partial charge in [0.25, 0.3) is 0 Å². The minimum atomic E-state index is -0.311. The van der Waals surface area contributed by atoms with Crippen LogP contribution in [-0.4, -0.2) is 29.0 Å². The van der Waals surface area contributed by atoms with Gasteiger partial charge in [0.1, 0.15) is 6.17 Å². The van der Waals surface area contributed by atoms with Crippen molar-refractivity contribution in [1.82, 2.24) is 10.4 Å². The average Bonchev–Trinajstić information content (AvgIpc) is 2.98. The van der Waals surface area contributed by atoms with Gasteiger partial charge in [0.15, 0.2) is 0 Å². The van der Waals surface area contributed by atoms with Crippen LogP contribution in [-0.2, 0) is 9.59 Å². The molecular weight excluding hydrogens is 328 g/mol. The minimum absolute atomic E-state index is 0.0745. The number of nitrogens with zero attached hydrogens (tertiary/aromatic N) is 3. The molecule has 2 atom stereocenters. The lowest BCUT2D eigenvalue weighted by molar-refractivity contribution is -0.131. The van der Waals surface area contributed by atoms with Crippen LogP contribution < -0.4 is 15.4 Å². The van der Waals surface area contributed by atoms with Crippen LogP contribution in [0.1, 0.15) is 27.2 Å². The van der Waals surface area contributed by atoms with Crippen molar-refractivity contribution in [3.63, 3.8) is 0 Å². The summed E-state index contributed by atoms with van der Waals surface area (Å²) in [5, 5.41) is 5.51. The third-order valence-electron chi connectivity index (χ3n) is 4.44. The van der Waals surface area contributed by atoms with Gasteiger partial charge in [-0.2, -0.15) is 0 Å². The molecule has 1 heterocycles. The first-order chi connectivity index (χ1) is 12.5. The Bertz CT molecular complexity index is 766. The second-order valence-electron chi connectivity index (χ2n) is 6.48. The number of nitrogens with one attached hydrogen (secondary N) is 1. The second-order valence-corrected chi connectivity index (χ2v) is 6.48. The Hall–Kier alpha value is -3.02. The number of benzene rings is 2. The molecule has 1 saturated heterocycles. The molecule has 1 fully saturated rings. The van der Waals surface area contributed by atoms with Gasteiger partial charge in [0, 0.05) is 20.3 Å². The van der Waals surface area contributed by atoms with Gasteiger partial charge >= 0.3 is 0 Å². The highest BCUT2D eigenvalue weighted by molar-refractivity contribution is 5.79. The number of para-hydroxylation sites is 2. The molecule has 2 amide bonds. The summed E-state index contributed by atoms with van der Waals surface area (Å²) in [6.45, 7) is 5.11. The Labute approximate surface area is 153 Å². The van der Waals surface area contributed by atoms with E-state index in [0.717, 1.165) is 11.4 Å². The van der Waals surface area contributed by atoms with Crippen LogP contribution in [0.3, 0.4) is 0 Å². The molecule has 6 heteroatoms. The van der Waals surface area contributed by atoms with Crippen molar-refractivity contribution in [2.24, 2.45) is 0 Å². The molecule has 0 unspecified atom stereocenters. The zero-order valence-corrected chi connectivity index (χ0v) is 15.3. The summed E-state index contributed by atoms with van der Waals surface area (Å²) < 4.78 is 0. The Balaban J connectivity index is 2.01. The van der Waals surface area contributed by atoms with Crippen molar-refractivity contribution >= 4 is 23.2 Å². The first kappa shape index (κ1) is 17.8. The molecule has 2 aromatic carbocycles. The summed E-state index contributed by atoms with van der Waals surface area (Å²) in [4.78, 5) is 24.4. The van der Waals surface area contributed by atoms with Gasteiger partial charge in [-0.15, -0.1) is 0 Å². The summed E-state index contributed by atoms with van der Waals surface area (Å²) in [6.07, 6.45) is 0.387. The maximum Gasteiger partial charge on any atom is 0.240 e. The Morgan fingerprint density at radius 2 is 1.58 bits per heavy atom. The number of hydrogen-bond acceptors (Lipinski definition) is 4. The van der Waals surface area contributed by atoms with E-state index < -0.39 is 0 Å². The predicted molar refractivity (Wildman–Crippen MR) is 102 cm³/mol. The smallest absolute Gasteiger partial charge is 0.240 e. The third kappa shape index (κ3) is 3.49. The number of hydrogen-bond donors (Lipinski definition) is 1. The van der Waals surface area contributed by atoms with Crippen LogP contribution in [0.2, 0.25) is 0 Å². The molecule has 2 aromatic rings. The fraction of sp³-hybridized carbons (Fsp3) is 0.300. The minimum Gasteiger partial charge on any atom is -0.278 e. The monoisotopic (exact) mass is 352 g/mol. The molecule has 0 spiro atoms. The van der Waals surface area contributed by atoms with E-state index in [1.54, 1.807) is 16.9 Å². The average molecular weight is 352 g/mol. The van der Waals surface area contributed by atoms with Gasteiger partial charge < -0.3 is 0 Å². The molecule has 0 aromatic heterocycles. The summed E-state index contributed by atoms with van der Waals surface area (Å²) in [5.41, 5.74) is 4.68. The van der Waals surface area contributed by atoms with Crippen molar-refractivity contribution in [1.29, 1.82) is 0 Å². The number of hydrazine groups is 2. The fourth-order valence-corrected chi connectivity index (χ4v) is 3.47. The maximum absolute atomic E-state index is 12.6. The number of rotatable bonds is 4. The van der Waals surface area contributed by atoms with E-state index in [4.69, 9.17) is 0 Å². The van der Waals surface area contributed by atoms with E-state index in [-0.39, 0.29) is 24.0 Å². The molecule has 0 aliphatic carbocycles. The van der Waals surface area contributed by atoms with E-state index >= 15 is 0 Å². The van der Waals surface area contributed by atoms with Crippen molar-refractivity contribution in [2.75, 3.05) is 10.0 Å². The topological polar surface area (TPSA) is 55.9 Å². The number of carbonyl (C=O) groups excluding carboxylic acids is 2. The summed E-state index contributed by atoms with van der Waals surface area (Å²) >= 11 is 0. The fourth-order valence-electron chi connectivity index (χ4n) is 3.47. The lowest BCUT2D eigenvalue weighted by atomic mass is 10.2. The van der Waals surface area contributed by atoms with Gasteiger partial charge in [-0.05, 0) is 31.2 Å². The highest BCUT2D eigenvalue weighted by Crippen LogP contribution is 2.33. The predicted octanol–water partition coefficient (Wildman–Crippen LogP) is 2.93. The molecule has 0 radical (unpaired) electrons. The molecule has 1 N–H and O–H groups in total. The highest BCUT2D eigenvalue weighted by atomic mass is 16.2. The zero-order chi connectivity index (χ0) is 18.7. The number of carbonyl (C=O) groups is 2. The van der Waals surface area contributed by atoms with Crippen molar-refractivity contribution < 1.29 is 9.59 Å². The summed E-state index contributed by atoms with van der Waals surface area (Å²) in [5.74, 6) is -0.252. The normalized spacial score (nSPS) is 19.3. The van der Waals surface area contributed by atoms with Gasteiger partial charge in [-0.25, -0.2) is 5.01 Å². The molecule has 6 nitrogen and oxygen atoms in total. The number of anilines is 2. The Kier molecular flexibility index (Phi) is 5.11. The molecule has 0 bridgehead atoms. The molecule has 1 aliphatic heterocycles. The molecular formula is C20H24N4O2. The van der Waals surface area contributed by atoms with E-state index in [2.05, 4.69) is 12.3 Å². The van der Waals surface area contributed by atoms with Crippen LogP contribution in [0, 0.1) is 0 Å². The quantitative estimate of drug-likeness (QED) is 0.860. The maximum atomic E-state index is 12.6. The lowest BCUT2D eigenvalue weighted by Crippen LogP contribution is -2.57. The molecule has 0 saturated carbocycles. The van der Waals surface area contributed by atoms with Gasteiger partial charge in [-0.3, -0.25) is 25.0 Å². The van der Waals surface area contributed by atoms with Crippen LogP contribution in [0.4, 0.5) is 11.4 Å². The van der Waals surface area contributed by atoms with E-state index in [0.29, 0.717) is 6.42 Å². The molecule has 26 heavy (non-hydrogen) atoms. The first-order valence-corrected chi connectivity index (χ1v) is 8.74. The van der Waals surface area contributed by atoms with Crippen molar-refractivity contribution in [2.45, 2.75) is 39.4 Å². The summed E-state index contributed by atoms with van der Waals surface area (Å²) in [6, 6.07) is 19.5. The van der Waals surface area contributed by atoms with Crippen LogP contribution >= 0.6 is 0 Å². The Morgan fingerprint density at radius 3 is 2.12 bits per heavy atom. The van der Waals surface area contributed by atoms with Gasteiger partial charge in [0.2, 0.25) is 11.8 Å².